The molecule has 2 fully saturated rings. The van der Waals surface area contributed by atoms with Crippen LogP contribution in [0.2, 0.25) is 0 Å². The molecule has 3 heterocycles. The van der Waals surface area contributed by atoms with E-state index in [0.29, 0.717) is 31.3 Å². The van der Waals surface area contributed by atoms with Gasteiger partial charge < -0.3 is 4.52 Å². The smallest absolute Gasteiger partial charge is 0.281 e. The Labute approximate surface area is 166 Å². The standard InChI is InChI=1S/C19H27N5O3S/c1-3-4-10-23(2)28(25,26)24-11-7-19(8-12-24)13-16(19)18-21-17(22-27-18)15-6-5-9-20-14-15/h5-6,9,14,16H,3-4,7-8,10-13H2,1-2H3. The molecule has 1 saturated carbocycles. The van der Waals surface area contributed by atoms with Crippen molar-refractivity contribution >= 4 is 10.2 Å². The van der Waals surface area contributed by atoms with Crippen molar-refractivity contribution in [3.8, 4) is 11.4 Å². The second-order valence-corrected chi connectivity index (χ2v) is 9.93. The van der Waals surface area contributed by atoms with Gasteiger partial charge in [0.25, 0.3) is 10.2 Å². The molecular weight excluding hydrogens is 378 g/mol. The third-order valence-electron chi connectivity index (χ3n) is 6.11. The van der Waals surface area contributed by atoms with E-state index in [-0.39, 0.29) is 11.3 Å². The van der Waals surface area contributed by atoms with Crippen molar-refractivity contribution in [2.75, 3.05) is 26.7 Å². The lowest BCUT2D eigenvalue weighted by Gasteiger charge is -2.34. The number of pyridine rings is 1. The molecule has 1 unspecified atom stereocenters. The summed E-state index contributed by atoms with van der Waals surface area (Å²) >= 11 is 0. The topological polar surface area (TPSA) is 92.4 Å². The van der Waals surface area contributed by atoms with Crippen LogP contribution in [0.1, 0.15) is 50.8 Å². The number of rotatable bonds is 7. The van der Waals surface area contributed by atoms with Gasteiger partial charge in [-0.2, -0.15) is 22.0 Å². The second-order valence-electron chi connectivity index (χ2n) is 7.90. The summed E-state index contributed by atoms with van der Waals surface area (Å²) in [5.41, 5.74) is 0.940. The van der Waals surface area contributed by atoms with E-state index in [1.165, 1.54) is 4.31 Å². The Morgan fingerprint density at radius 2 is 2.14 bits per heavy atom. The lowest BCUT2D eigenvalue weighted by molar-refractivity contribution is 0.231. The van der Waals surface area contributed by atoms with Crippen molar-refractivity contribution < 1.29 is 12.9 Å². The highest BCUT2D eigenvalue weighted by Gasteiger charge is 2.59. The Morgan fingerprint density at radius 3 is 2.82 bits per heavy atom. The SMILES string of the molecule is CCCCN(C)S(=O)(=O)N1CCC2(CC1)CC2c1nc(-c2cccnc2)no1. The number of piperidine rings is 1. The number of hydrogen-bond acceptors (Lipinski definition) is 6. The molecule has 1 aliphatic heterocycles. The molecule has 1 spiro atoms. The highest BCUT2D eigenvalue weighted by atomic mass is 32.2. The summed E-state index contributed by atoms with van der Waals surface area (Å²) in [6.07, 6.45) is 7.95. The third kappa shape index (κ3) is 3.58. The van der Waals surface area contributed by atoms with Crippen LogP contribution in [-0.4, -0.2) is 58.8 Å². The van der Waals surface area contributed by atoms with Crippen LogP contribution in [0.4, 0.5) is 0 Å². The molecule has 1 atom stereocenters. The van der Waals surface area contributed by atoms with E-state index in [1.807, 2.05) is 12.1 Å². The van der Waals surface area contributed by atoms with Gasteiger partial charge in [-0.1, -0.05) is 18.5 Å². The van der Waals surface area contributed by atoms with Crippen molar-refractivity contribution in [3.63, 3.8) is 0 Å². The van der Waals surface area contributed by atoms with Gasteiger partial charge in [0.2, 0.25) is 11.7 Å². The summed E-state index contributed by atoms with van der Waals surface area (Å²) in [5, 5.41) is 4.09. The Bertz CT molecular complexity index is 907. The summed E-state index contributed by atoms with van der Waals surface area (Å²) in [4.78, 5) is 8.65. The molecule has 4 rings (SSSR count). The minimum Gasteiger partial charge on any atom is -0.339 e. The van der Waals surface area contributed by atoms with Gasteiger partial charge >= 0.3 is 0 Å². The number of aromatic nitrogens is 3. The molecule has 152 valence electrons. The number of nitrogens with zero attached hydrogens (tertiary/aromatic N) is 5. The first-order valence-corrected chi connectivity index (χ1v) is 11.3. The van der Waals surface area contributed by atoms with Gasteiger partial charge in [-0.25, -0.2) is 0 Å². The van der Waals surface area contributed by atoms with E-state index in [2.05, 4.69) is 22.0 Å². The molecule has 0 N–H and O–H groups in total. The van der Waals surface area contributed by atoms with Crippen LogP contribution < -0.4 is 0 Å². The van der Waals surface area contributed by atoms with E-state index < -0.39 is 10.2 Å². The molecule has 2 aromatic heterocycles. The van der Waals surface area contributed by atoms with Crippen molar-refractivity contribution in [2.24, 2.45) is 5.41 Å². The van der Waals surface area contributed by atoms with Gasteiger partial charge in [0, 0.05) is 50.6 Å². The quantitative estimate of drug-likeness (QED) is 0.703. The van der Waals surface area contributed by atoms with Gasteiger partial charge in [-0.15, -0.1) is 0 Å². The van der Waals surface area contributed by atoms with Crippen LogP contribution in [0.5, 0.6) is 0 Å². The average Bonchev–Trinajstić information content (AvgIpc) is 3.18. The zero-order valence-electron chi connectivity index (χ0n) is 16.4. The van der Waals surface area contributed by atoms with Crippen molar-refractivity contribution in [1.29, 1.82) is 0 Å². The van der Waals surface area contributed by atoms with E-state index in [1.54, 1.807) is 23.7 Å². The van der Waals surface area contributed by atoms with Gasteiger partial charge in [-0.05, 0) is 43.2 Å². The van der Waals surface area contributed by atoms with Crippen LogP contribution in [0, 0.1) is 5.41 Å². The van der Waals surface area contributed by atoms with E-state index in [4.69, 9.17) is 4.52 Å². The van der Waals surface area contributed by atoms with Gasteiger partial charge in [-0.3, -0.25) is 4.98 Å². The summed E-state index contributed by atoms with van der Waals surface area (Å²) in [5.74, 6) is 1.45. The monoisotopic (exact) mass is 405 g/mol. The van der Waals surface area contributed by atoms with Gasteiger partial charge in [0.15, 0.2) is 0 Å². The van der Waals surface area contributed by atoms with Crippen LogP contribution in [-0.2, 0) is 10.2 Å². The minimum atomic E-state index is -3.36. The minimum absolute atomic E-state index is 0.104. The average molecular weight is 406 g/mol. The Morgan fingerprint density at radius 1 is 1.36 bits per heavy atom. The van der Waals surface area contributed by atoms with Crippen molar-refractivity contribution in [1.82, 2.24) is 23.7 Å². The molecule has 1 saturated heterocycles. The summed E-state index contributed by atoms with van der Waals surface area (Å²) in [6.45, 7) is 3.75. The molecule has 0 radical (unpaired) electrons. The van der Waals surface area contributed by atoms with Gasteiger partial charge in [0.1, 0.15) is 0 Å². The lowest BCUT2D eigenvalue weighted by Crippen LogP contribution is -2.46. The fraction of sp³-hybridized carbons (Fsp3) is 0.632. The van der Waals surface area contributed by atoms with E-state index in [9.17, 15) is 8.42 Å². The van der Waals surface area contributed by atoms with Crippen LogP contribution in [0.25, 0.3) is 11.4 Å². The molecular formula is C19H27N5O3S. The number of hydrogen-bond donors (Lipinski definition) is 0. The summed E-state index contributed by atoms with van der Waals surface area (Å²) in [7, 11) is -1.69. The predicted molar refractivity (Wildman–Crippen MR) is 105 cm³/mol. The van der Waals surface area contributed by atoms with E-state index in [0.717, 1.165) is 37.7 Å². The normalized spacial score (nSPS) is 22.0. The van der Waals surface area contributed by atoms with Crippen molar-refractivity contribution in [3.05, 3.63) is 30.4 Å². The molecule has 2 aliphatic rings. The Balaban J connectivity index is 1.38. The summed E-state index contributed by atoms with van der Waals surface area (Å²) in [6, 6.07) is 3.75. The second kappa shape index (κ2) is 7.53. The largest absolute Gasteiger partial charge is 0.339 e. The maximum absolute atomic E-state index is 12.7. The predicted octanol–water partition coefficient (Wildman–Crippen LogP) is 2.68. The fourth-order valence-corrected chi connectivity index (χ4v) is 5.49. The first-order valence-electron chi connectivity index (χ1n) is 9.92. The summed E-state index contributed by atoms with van der Waals surface area (Å²) < 4.78 is 34.1. The fourth-order valence-electron chi connectivity index (χ4n) is 4.09. The first kappa shape index (κ1) is 19.5. The maximum Gasteiger partial charge on any atom is 0.281 e. The zero-order valence-corrected chi connectivity index (χ0v) is 17.2. The number of unbranched alkanes of at least 4 members (excludes halogenated alkanes) is 1. The Hall–Kier alpha value is -1.84. The molecule has 1 aliphatic carbocycles. The Kier molecular flexibility index (Phi) is 5.24. The zero-order chi connectivity index (χ0) is 19.8. The van der Waals surface area contributed by atoms with E-state index >= 15 is 0 Å². The molecule has 9 heteroatoms. The lowest BCUT2D eigenvalue weighted by atomic mass is 9.92. The molecule has 0 bridgehead atoms. The van der Waals surface area contributed by atoms with Crippen LogP contribution in [0.3, 0.4) is 0 Å². The molecule has 28 heavy (non-hydrogen) atoms. The highest BCUT2D eigenvalue weighted by molar-refractivity contribution is 7.86. The first-order chi connectivity index (χ1) is 13.5. The molecule has 0 aromatic carbocycles. The van der Waals surface area contributed by atoms with Crippen molar-refractivity contribution in [2.45, 2.75) is 44.9 Å². The molecule has 0 amide bonds. The van der Waals surface area contributed by atoms with Crippen LogP contribution in [0.15, 0.2) is 29.0 Å². The molecule has 2 aromatic rings. The highest BCUT2D eigenvalue weighted by Crippen LogP contribution is 2.64. The van der Waals surface area contributed by atoms with Gasteiger partial charge in [0.05, 0.1) is 0 Å². The maximum atomic E-state index is 12.7. The van der Waals surface area contributed by atoms with Crippen LogP contribution >= 0.6 is 0 Å². The molecule has 8 nitrogen and oxygen atoms in total. The third-order valence-corrected chi connectivity index (χ3v) is 8.10.